The Morgan fingerprint density at radius 1 is 1.18 bits per heavy atom. The normalized spacial score (nSPS) is 11.7. The van der Waals surface area contributed by atoms with E-state index in [1.54, 1.807) is 16.7 Å². The van der Waals surface area contributed by atoms with Crippen molar-refractivity contribution in [2.75, 3.05) is 17.6 Å². The number of hydrogen-bond acceptors (Lipinski definition) is 5. The Morgan fingerprint density at radius 3 is 2.58 bits per heavy atom. The van der Waals surface area contributed by atoms with E-state index in [-0.39, 0.29) is 17.0 Å². The van der Waals surface area contributed by atoms with Crippen LogP contribution in [0, 0.1) is 5.82 Å². The second-order valence-electron chi connectivity index (χ2n) is 8.25. The first-order valence-corrected chi connectivity index (χ1v) is 12.2. The zero-order valence-electron chi connectivity index (χ0n) is 19.1. The highest BCUT2D eigenvalue weighted by Gasteiger charge is 2.18. The maximum Gasteiger partial charge on any atom is 0.262 e. The number of nitrogens with zero attached hydrogens (tertiary/aromatic N) is 3. The third kappa shape index (κ3) is 6.34. The topological polar surface area (TPSA) is 67.2 Å². The van der Waals surface area contributed by atoms with E-state index in [1.807, 2.05) is 12.1 Å². The minimum absolute atomic E-state index is 0.0152. The van der Waals surface area contributed by atoms with Crippen LogP contribution in [-0.2, 0) is 11.3 Å². The first-order chi connectivity index (χ1) is 15.7. The highest BCUT2D eigenvalue weighted by Crippen LogP contribution is 2.22. The number of hydrogen-bond donors (Lipinski definition) is 1. The van der Waals surface area contributed by atoms with Gasteiger partial charge >= 0.3 is 0 Å². The summed E-state index contributed by atoms with van der Waals surface area (Å²) in [7, 11) is 0. The highest BCUT2D eigenvalue weighted by atomic mass is 35.5. The van der Waals surface area contributed by atoms with E-state index in [1.165, 1.54) is 18.2 Å². The van der Waals surface area contributed by atoms with Crippen LogP contribution in [0.1, 0.15) is 27.7 Å². The molecule has 1 amide bonds. The van der Waals surface area contributed by atoms with Crippen molar-refractivity contribution in [2.45, 2.75) is 51.5 Å². The van der Waals surface area contributed by atoms with Crippen LogP contribution in [0.3, 0.4) is 0 Å². The van der Waals surface area contributed by atoms with Gasteiger partial charge in [-0.1, -0.05) is 35.5 Å². The van der Waals surface area contributed by atoms with Gasteiger partial charge in [0.2, 0.25) is 5.91 Å². The second kappa shape index (κ2) is 11.1. The van der Waals surface area contributed by atoms with Gasteiger partial charge < -0.3 is 5.32 Å². The highest BCUT2D eigenvalue weighted by molar-refractivity contribution is 7.99. The minimum Gasteiger partial charge on any atom is -0.323 e. The van der Waals surface area contributed by atoms with Crippen LogP contribution >= 0.6 is 23.4 Å². The second-order valence-corrected chi connectivity index (χ2v) is 9.63. The molecule has 2 aromatic carbocycles. The van der Waals surface area contributed by atoms with E-state index >= 15 is 0 Å². The zero-order valence-corrected chi connectivity index (χ0v) is 20.7. The fourth-order valence-electron chi connectivity index (χ4n) is 3.69. The number of carbonyl (C=O) groups is 1. The first kappa shape index (κ1) is 25.2. The lowest BCUT2D eigenvalue weighted by Gasteiger charge is -2.30. The predicted octanol–water partition coefficient (Wildman–Crippen LogP) is 5.04. The number of halogens is 2. The van der Waals surface area contributed by atoms with Crippen LogP contribution in [-0.4, -0.2) is 44.7 Å². The number of thioether (sulfide) groups is 1. The van der Waals surface area contributed by atoms with E-state index in [9.17, 15) is 14.0 Å². The summed E-state index contributed by atoms with van der Waals surface area (Å²) in [5, 5.41) is 3.84. The fraction of sp³-hybridized carbons (Fsp3) is 0.375. The molecular weight excluding hydrogens is 463 g/mol. The number of nitrogens with one attached hydrogen (secondary N) is 1. The Morgan fingerprint density at radius 2 is 1.88 bits per heavy atom. The lowest BCUT2D eigenvalue weighted by molar-refractivity contribution is -0.113. The molecule has 1 aromatic heterocycles. The van der Waals surface area contributed by atoms with Crippen molar-refractivity contribution < 1.29 is 9.18 Å². The van der Waals surface area contributed by atoms with Gasteiger partial charge in [0.15, 0.2) is 5.16 Å². The van der Waals surface area contributed by atoms with Crippen LogP contribution in [0.25, 0.3) is 10.9 Å². The number of rotatable bonds is 9. The van der Waals surface area contributed by atoms with Crippen LogP contribution in [0.15, 0.2) is 52.4 Å². The van der Waals surface area contributed by atoms with E-state index in [0.29, 0.717) is 46.3 Å². The van der Waals surface area contributed by atoms with Gasteiger partial charge in [-0.3, -0.25) is 19.1 Å². The number of anilines is 1. The number of para-hydroxylation sites is 1. The van der Waals surface area contributed by atoms with Gasteiger partial charge in [-0.05, 0) is 58.0 Å². The average molecular weight is 491 g/mol. The van der Waals surface area contributed by atoms with Crippen LogP contribution in [0.4, 0.5) is 10.1 Å². The number of aromatic nitrogens is 2. The summed E-state index contributed by atoms with van der Waals surface area (Å²) in [4.78, 5) is 32.7. The Hall–Kier alpha value is -2.42. The predicted molar refractivity (Wildman–Crippen MR) is 134 cm³/mol. The summed E-state index contributed by atoms with van der Waals surface area (Å²) in [6.07, 6.45) is 0. The van der Waals surface area contributed by atoms with Crippen LogP contribution in [0.2, 0.25) is 5.02 Å². The molecule has 0 aliphatic heterocycles. The summed E-state index contributed by atoms with van der Waals surface area (Å²) < 4.78 is 15.6. The Balaban J connectivity index is 1.84. The molecule has 0 saturated heterocycles. The first-order valence-electron chi connectivity index (χ1n) is 10.8. The van der Waals surface area contributed by atoms with Gasteiger partial charge in [-0.2, -0.15) is 0 Å². The molecule has 0 spiro atoms. The molecule has 1 heterocycles. The summed E-state index contributed by atoms with van der Waals surface area (Å²) in [5.41, 5.74) is 0.449. The Bertz CT molecular complexity index is 1190. The van der Waals surface area contributed by atoms with Gasteiger partial charge in [0.25, 0.3) is 5.56 Å². The summed E-state index contributed by atoms with van der Waals surface area (Å²) in [5.74, 6) is -1.02. The molecule has 9 heteroatoms. The number of fused-ring (bicyclic) bond motifs is 1. The fourth-order valence-corrected chi connectivity index (χ4v) is 4.69. The van der Waals surface area contributed by atoms with E-state index in [0.717, 1.165) is 11.8 Å². The average Bonchev–Trinajstić information content (AvgIpc) is 2.76. The summed E-state index contributed by atoms with van der Waals surface area (Å²) in [6.45, 7) is 9.60. The lowest BCUT2D eigenvalue weighted by Crippen LogP contribution is -2.40. The maximum atomic E-state index is 13.9. The SMILES string of the molecule is CC(C)N(CCn1c(SCC(=O)Nc2cc(Cl)ccc2F)nc2ccccc2c1=O)C(C)C. The van der Waals surface area contributed by atoms with E-state index < -0.39 is 11.7 Å². The van der Waals surface area contributed by atoms with Gasteiger partial charge in [0.05, 0.1) is 22.3 Å². The molecule has 3 aromatic rings. The third-order valence-corrected chi connectivity index (χ3v) is 6.48. The van der Waals surface area contributed by atoms with Crippen molar-refractivity contribution in [1.82, 2.24) is 14.5 Å². The van der Waals surface area contributed by atoms with Crippen molar-refractivity contribution in [3.05, 3.63) is 63.7 Å². The maximum absolute atomic E-state index is 13.9. The molecule has 0 saturated carbocycles. The third-order valence-electron chi connectivity index (χ3n) is 5.27. The standard InChI is InChI=1S/C24H28ClFN4O2S/c1-15(2)29(16(3)4)11-12-30-23(32)18-7-5-6-8-20(18)28-24(30)33-14-22(31)27-21-13-17(25)9-10-19(21)26/h5-10,13,15-16H,11-12,14H2,1-4H3,(H,27,31). The molecule has 176 valence electrons. The lowest BCUT2D eigenvalue weighted by atomic mass is 10.2. The Labute approximate surface area is 202 Å². The minimum atomic E-state index is -0.569. The van der Waals surface area contributed by atoms with Gasteiger partial charge in [0.1, 0.15) is 5.82 Å². The summed E-state index contributed by atoms with van der Waals surface area (Å²) >= 11 is 7.04. The summed E-state index contributed by atoms with van der Waals surface area (Å²) in [6, 6.07) is 11.8. The molecule has 33 heavy (non-hydrogen) atoms. The molecule has 1 N–H and O–H groups in total. The molecule has 6 nitrogen and oxygen atoms in total. The molecule has 0 bridgehead atoms. The van der Waals surface area contributed by atoms with Gasteiger partial charge in [-0.15, -0.1) is 0 Å². The Kier molecular flexibility index (Phi) is 8.51. The van der Waals surface area contributed by atoms with E-state index in [2.05, 4.69) is 42.9 Å². The molecule has 0 unspecified atom stereocenters. The number of carbonyl (C=O) groups excluding carboxylic acids is 1. The molecular formula is C24H28ClFN4O2S. The van der Waals surface area contributed by atoms with Crippen molar-refractivity contribution in [2.24, 2.45) is 0 Å². The van der Waals surface area contributed by atoms with Crippen LogP contribution in [0.5, 0.6) is 0 Å². The number of amides is 1. The van der Waals surface area contributed by atoms with Crippen molar-refractivity contribution in [3.63, 3.8) is 0 Å². The largest absolute Gasteiger partial charge is 0.323 e. The monoisotopic (exact) mass is 490 g/mol. The van der Waals surface area contributed by atoms with Crippen molar-refractivity contribution in [1.29, 1.82) is 0 Å². The zero-order chi connectivity index (χ0) is 24.1. The molecule has 0 aliphatic rings. The van der Waals surface area contributed by atoms with Gasteiger partial charge in [-0.25, -0.2) is 9.37 Å². The van der Waals surface area contributed by atoms with Gasteiger partial charge in [0, 0.05) is 30.2 Å². The van der Waals surface area contributed by atoms with Crippen molar-refractivity contribution >= 4 is 45.9 Å². The molecule has 0 fully saturated rings. The quantitative estimate of drug-likeness (QED) is 0.336. The molecule has 3 rings (SSSR count). The van der Waals surface area contributed by atoms with E-state index in [4.69, 9.17) is 11.6 Å². The molecule has 0 aliphatic carbocycles. The molecule has 0 radical (unpaired) electrons. The van der Waals surface area contributed by atoms with Crippen molar-refractivity contribution in [3.8, 4) is 0 Å². The smallest absolute Gasteiger partial charge is 0.262 e. The van der Waals surface area contributed by atoms with Crippen LogP contribution < -0.4 is 10.9 Å². The molecule has 0 atom stereocenters. The number of benzene rings is 2.